The van der Waals surface area contributed by atoms with Gasteiger partial charge in [0.1, 0.15) is 5.01 Å². The summed E-state index contributed by atoms with van der Waals surface area (Å²) in [6, 6.07) is 1.82. The number of hydrogen-bond donors (Lipinski definition) is 0. The van der Waals surface area contributed by atoms with Crippen LogP contribution in [0.25, 0.3) is 0 Å². The Hall–Kier alpha value is -1.57. The number of aromatic nitrogens is 3. The van der Waals surface area contributed by atoms with Gasteiger partial charge in [0.05, 0.1) is 36.0 Å². The molecular weight excluding hydrogens is 360 g/mol. The molecule has 0 saturated carbocycles. The van der Waals surface area contributed by atoms with Crippen LogP contribution < -0.4 is 5.56 Å². The van der Waals surface area contributed by atoms with Crippen LogP contribution >= 0.6 is 11.3 Å². The SMILES string of the molecule is O=c1cc2c(nn1CC1CCN(Cc3nc4c(s3)COCC4)CC1)CCC2. The summed E-state index contributed by atoms with van der Waals surface area (Å²) >= 11 is 1.81. The minimum atomic E-state index is 0.0775. The lowest BCUT2D eigenvalue weighted by atomic mass is 9.97. The lowest BCUT2D eigenvalue weighted by Crippen LogP contribution is -2.36. The van der Waals surface area contributed by atoms with Crippen molar-refractivity contribution in [2.24, 2.45) is 5.92 Å². The van der Waals surface area contributed by atoms with Gasteiger partial charge in [-0.15, -0.1) is 11.3 Å². The Morgan fingerprint density at radius 3 is 2.93 bits per heavy atom. The van der Waals surface area contributed by atoms with Gasteiger partial charge in [-0.25, -0.2) is 9.67 Å². The molecule has 2 aliphatic heterocycles. The van der Waals surface area contributed by atoms with Gasteiger partial charge >= 0.3 is 0 Å². The Morgan fingerprint density at radius 1 is 1.19 bits per heavy atom. The van der Waals surface area contributed by atoms with Crippen LogP contribution in [0.2, 0.25) is 0 Å². The largest absolute Gasteiger partial charge is 0.375 e. The van der Waals surface area contributed by atoms with E-state index in [0.29, 0.717) is 5.92 Å². The van der Waals surface area contributed by atoms with Gasteiger partial charge in [0.2, 0.25) is 0 Å². The smallest absolute Gasteiger partial charge is 0.267 e. The number of fused-ring (bicyclic) bond motifs is 2. The second-order valence-corrected chi connectivity index (χ2v) is 9.16. The topological polar surface area (TPSA) is 60.2 Å². The first-order valence-corrected chi connectivity index (χ1v) is 10.9. The van der Waals surface area contributed by atoms with Gasteiger partial charge in [-0.2, -0.15) is 5.10 Å². The highest BCUT2D eigenvalue weighted by Gasteiger charge is 2.23. The molecule has 0 bridgehead atoms. The molecule has 2 aromatic heterocycles. The summed E-state index contributed by atoms with van der Waals surface area (Å²) in [7, 11) is 0. The highest BCUT2D eigenvalue weighted by molar-refractivity contribution is 7.11. The molecule has 0 aromatic carbocycles. The minimum Gasteiger partial charge on any atom is -0.375 e. The molecule has 0 amide bonds. The maximum atomic E-state index is 12.3. The second kappa shape index (κ2) is 7.45. The Bertz CT molecular complexity index is 859. The van der Waals surface area contributed by atoms with Gasteiger partial charge in [0.25, 0.3) is 5.56 Å². The quantitative estimate of drug-likeness (QED) is 0.806. The van der Waals surface area contributed by atoms with Gasteiger partial charge in [-0.05, 0) is 56.7 Å². The molecule has 144 valence electrons. The fraction of sp³-hybridized carbons (Fsp3) is 0.650. The van der Waals surface area contributed by atoms with Crippen molar-refractivity contribution in [2.75, 3.05) is 19.7 Å². The summed E-state index contributed by atoms with van der Waals surface area (Å²) in [5, 5.41) is 5.86. The third-order valence-corrected chi connectivity index (χ3v) is 7.12. The zero-order valence-electron chi connectivity index (χ0n) is 15.7. The fourth-order valence-corrected chi connectivity index (χ4v) is 5.57. The second-order valence-electron chi connectivity index (χ2n) is 7.99. The normalized spacial score (nSPS) is 20.6. The first kappa shape index (κ1) is 17.5. The van der Waals surface area contributed by atoms with Crippen molar-refractivity contribution in [3.8, 4) is 0 Å². The molecule has 27 heavy (non-hydrogen) atoms. The molecule has 0 spiro atoms. The lowest BCUT2D eigenvalue weighted by Gasteiger charge is -2.31. The first-order valence-electron chi connectivity index (χ1n) is 10.1. The summed E-state index contributed by atoms with van der Waals surface area (Å²) in [4.78, 5) is 21.0. The van der Waals surface area contributed by atoms with E-state index in [-0.39, 0.29) is 5.56 Å². The predicted molar refractivity (Wildman–Crippen MR) is 104 cm³/mol. The van der Waals surface area contributed by atoms with Crippen LogP contribution in [0.5, 0.6) is 0 Å². The van der Waals surface area contributed by atoms with E-state index in [2.05, 4.69) is 10.00 Å². The molecule has 0 radical (unpaired) electrons. The molecule has 2 aromatic rings. The number of aryl methyl sites for hydroxylation is 2. The molecule has 5 rings (SSSR count). The van der Waals surface area contributed by atoms with Crippen LogP contribution in [-0.4, -0.2) is 39.4 Å². The van der Waals surface area contributed by atoms with E-state index in [9.17, 15) is 4.79 Å². The summed E-state index contributed by atoms with van der Waals surface area (Å²) in [5.41, 5.74) is 3.64. The summed E-state index contributed by atoms with van der Waals surface area (Å²) in [6.07, 6.45) is 6.38. The Kier molecular flexibility index (Phi) is 4.83. The average Bonchev–Trinajstić information content (AvgIpc) is 3.29. The Balaban J connectivity index is 1.17. The average molecular weight is 387 g/mol. The van der Waals surface area contributed by atoms with Gasteiger partial charge in [-0.1, -0.05) is 0 Å². The van der Waals surface area contributed by atoms with Crippen LogP contribution in [0.3, 0.4) is 0 Å². The van der Waals surface area contributed by atoms with E-state index in [1.165, 1.54) is 21.1 Å². The predicted octanol–water partition coefficient (Wildman–Crippen LogP) is 2.17. The number of rotatable bonds is 4. The molecule has 7 heteroatoms. The Morgan fingerprint density at radius 2 is 2.07 bits per heavy atom. The third-order valence-electron chi connectivity index (χ3n) is 6.06. The lowest BCUT2D eigenvalue weighted by molar-refractivity contribution is 0.112. The van der Waals surface area contributed by atoms with Gasteiger partial charge in [0.15, 0.2) is 0 Å². The third kappa shape index (κ3) is 3.73. The zero-order chi connectivity index (χ0) is 18.2. The molecular formula is C20H26N4O2S. The molecule has 1 fully saturated rings. The highest BCUT2D eigenvalue weighted by atomic mass is 32.1. The van der Waals surface area contributed by atoms with Crippen LogP contribution in [0, 0.1) is 5.92 Å². The molecule has 0 unspecified atom stereocenters. The van der Waals surface area contributed by atoms with Crippen molar-refractivity contribution in [1.29, 1.82) is 0 Å². The van der Waals surface area contributed by atoms with Crippen molar-refractivity contribution < 1.29 is 4.74 Å². The van der Waals surface area contributed by atoms with E-state index in [0.717, 1.165) is 83.6 Å². The van der Waals surface area contributed by atoms with E-state index < -0.39 is 0 Å². The minimum absolute atomic E-state index is 0.0775. The van der Waals surface area contributed by atoms with E-state index in [4.69, 9.17) is 9.72 Å². The van der Waals surface area contributed by atoms with Crippen molar-refractivity contribution in [3.05, 3.63) is 43.3 Å². The van der Waals surface area contributed by atoms with Gasteiger partial charge in [0, 0.05) is 19.0 Å². The van der Waals surface area contributed by atoms with E-state index in [1.54, 1.807) is 4.68 Å². The number of hydrogen-bond acceptors (Lipinski definition) is 6. The summed E-state index contributed by atoms with van der Waals surface area (Å²) in [5.74, 6) is 0.545. The van der Waals surface area contributed by atoms with Crippen molar-refractivity contribution >= 4 is 11.3 Å². The monoisotopic (exact) mass is 386 g/mol. The van der Waals surface area contributed by atoms with Crippen LogP contribution in [0.15, 0.2) is 10.9 Å². The maximum absolute atomic E-state index is 12.3. The molecule has 6 nitrogen and oxygen atoms in total. The molecule has 4 heterocycles. The molecule has 3 aliphatic rings. The number of ether oxygens (including phenoxy) is 1. The maximum Gasteiger partial charge on any atom is 0.267 e. The van der Waals surface area contributed by atoms with Crippen molar-refractivity contribution in [2.45, 2.75) is 58.2 Å². The highest BCUT2D eigenvalue weighted by Crippen LogP contribution is 2.26. The van der Waals surface area contributed by atoms with Crippen molar-refractivity contribution in [3.63, 3.8) is 0 Å². The number of piperidine rings is 1. The Labute approximate surface area is 163 Å². The van der Waals surface area contributed by atoms with E-state index >= 15 is 0 Å². The van der Waals surface area contributed by atoms with Crippen molar-refractivity contribution in [1.82, 2.24) is 19.7 Å². The number of nitrogens with zero attached hydrogens (tertiary/aromatic N) is 4. The first-order chi connectivity index (χ1) is 13.2. The number of thiazole rings is 1. The van der Waals surface area contributed by atoms with Crippen LogP contribution in [0.1, 0.15) is 46.1 Å². The van der Waals surface area contributed by atoms with E-state index in [1.807, 2.05) is 17.4 Å². The molecule has 0 N–H and O–H groups in total. The summed E-state index contributed by atoms with van der Waals surface area (Å²) < 4.78 is 7.25. The zero-order valence-corrected chi connectivity index (χ0v) is 16.5. The number of likely N-dealkylation sites (tertiary alicyclic amines) is 1. The van der Waals surface area contributed by atoms with Gasteiger partial charge < -0.3 is 4.74 Å². The molecule has 0 atom stereocenters. The fourth-order valence-electron chi connectivity index (χ4n) is 4.48. The molecule has 1 aliphatic carbocycles. The van der Waals surface area contributed by atoms with Crippen LogP contribution in [0.4, 0.5) is 0 Å². The summed E-state index contributed by atoms with van der Waals surface area (Å²) in [6.45, 7) is 5.40. The standard InChI is InChI=1S/C20H26N4O2S/c25-20-10-15-2-1-3-16(15)22-24(20)11-14-4-7-23(8-5-14)12-19-21-17-6-9-26-13-18(17)27-19/h10,14H,1-9,11-13H2. The van der Waals surface area contributed by atoms with Gasteiger partial charge in [-0.3, -0.25) is 9.69 Å². The molecule has 1 saturated heterocycles. The van der Waals surface area contributed by atoms with Crippen LogP contribution in [-0.2, 0) is 43.7 Å².